The van der Waals surface area contributed by atoms with Crippen molar-refractivity contribution in [3.8, 4) is 0 Å². The van der Waals surface area contributed by atoms with Gasteiger partial charge in [-0.2, -0.15) is 0 Å². The fourth-order valence-electron chi connectivity index (χ4n) is 2.75. The lowest BCUT2D eigenvalue weighted by Gasteiger charge is -2.36. The zero-order valence-electron chi connectivity index (χ0n) is 14.2. The van der Waals surface area contributed by atoms with Crippen LogP contribution in [0.5, 0.6) is 0 Å². The Kier molecular flexibility index (Phi) is 5.83. The van der Waals surface area contributed by atoms with E-state index in [-0.39, 0.29) is 0 Å². The van der Waals surface area contributed by atoms with Crippen LogP contribution in [0.1, 0.15) is 46.1 Å². The van der Waals surface area contributed by atoms with Crippen molar-refractivity contribution < 1.29 is 0 Å². The van der Waals surface area contributed by atoms with E-state index in [1.54, 1.807) is 0 Å². The molecule has 0 unspecified atom stereocenters. The Morgan fingerprint density at radius 3 is 2.33 bits per heavy atom. The Morgan fingerprint density at radius 1 is 1.14 bits per heavy atom. The van der Waals surface area contributed by atoms with Gasteiger partial charge in [0.05, 0.1) is 0 Å². The maximum atomic E-state index is 3.80. The second-order valence-electron chi connectivity index (χ2n) is 7.56. The summed E-state index contributed by atoms with van der Waals surface area (Å²) < 4.78 is 0. The molecular weight excluding hydrogens is 256 g/mol. The molecule has 0 radical (unpaired) electrons. The van der Waals surface area contributed by atoms with Crippen LogP contribution in [-0.4, -0.2) is 30.6 Å². The topological polar surface area (TPSA) is 15.3 Å². The summed E-state index contributed by atoms with van der Waals surface area (Å²) in [5, 5.41) is 3.80. The van der Waals surface area contributed by atoms with Crippen LogP contribution in [0.2, 0.25) is 0 Å². The SMILES string of the molecule is CC(C)C(C)(C)CNC1CCN(Cc2ccccc2)CC1. The van der Waals surface area contributed by atoms with E-state index >= 15 is 0 Å². The highest BCUT2D eigenvalue weighted by molar-refractivity contribution is 5.14. The summed E-state index contributed by atoms with van der Waals surface area (Å²) in [5.41, 5.74) is 1.83. The van der Waals surface area contributed by atoms with Crippen LogP contribution in [0.15, 0.2) is 30.3 Å². The standard InChI is InChI=1S/C19H32N2/c1-16(2)19(3,4)15-20-18-10-12-21(13-11-18)14-17-8-6-5-7-9-17/h5-9,16,18,20H,10-15H2,1-4H3. The largest absolute Gasteiger partial charge is 0.313 e. The smallest absolute Gasteiger partial charge is 0.0233 e. The molecule has 2 nitrogen and oxygen atoms in total. The fourth-order valence-corrected chi connectivity index (χ4v) is 2.75. The van der Waals surface area contributed by atoms with E-state index in [2.05, 4.69) is 68.2 Å². The maximum Gasteiger partial charge on any atom is 0.0233 e. The van der Waals surface area contributed by atoms with E-state index in [0.717, 1.165) is 19.0 Å². The minimum absolute atomic E-state index is 0.390. The van der Waals surface area contributed by atoms with Gasteiger partial charge >= 0.3 is 0 Å². The normalized spacial score (nSPS) is 18.3. The number of hydrogen-bond acceptors (Lipinski definition) is 2. The van der Waals surface area contributed by atoms with Gasteiger partial charge < -0.3 is 5.32 Å². The molecule has 2 rings (SSSR count). The van der Waals surface area contributed by atoms with Crippen LogP contribution in [-0.2, 0) is 6.54 Å². The Hall–Kier alpha value is -0.860. The molecule has 0 aromatic heterocycles. The summed E-state index contributed by atoms with van der Waals surface area (Å²) in [6.45, 7) is 14.1. The van der Waals surface area contributed by atoms with Gasteiger partial charge in [-0.1, -0.05) is 58.0 Å². The van der Waals surface area contributed by atoms with Crippen LogP contribution >= 0.6 is 0 Å². The number of nitrogens with zero attached hydrogens (tertiary/aromatic N) is 1. The van der Waals surface area contributed by atoms with Crippen molar-refractivity contribution in [1.29, 1.82) is 0 Å². The number of piperidine rings is 1. The molecule has 0 saturated carbocycles. The quantitative estimate of drug-likeness (QED) is 0.853. The minimum atomic E-state index is 0.390. The first kappa shape index (κ1) is 16.5. The van der Waals surface area contributed by atoms with Crippen molar-refractivity contribution in [2.24, 2.45) is 11.3 Å². The van der Waals surface area contributed by atoms with E-state index in [1.165, 1.54) is 31.5 Å². The monoisotopic (exact) mass is 288 g/mol. The highest BCUT2D eigenvalue weighted by Gasteiger charge is 2.25. The summed E-state index contributed by atoms with van der Waals surface area (Å²) in [4.78, 5) is 2.58. The van der Waals surface area contributed by atoms with Crippen LogP contribution in [0.3, 0.4) is 0 Å². The summed E-state index contributed by atoms with van der Waals surface area (Å²) in [7, 11) is 0. The van der Waals surface area contributed by atoms with Crippen molar-refractivity contribution in [2.75, 3.05) is 19.6 Å². The molecule has 0 spiro atoms. The van der Waals surface area contributed by atoms with Gasteiger partial charge in [-0.05, 0) is 42.8 Å². The van der Waals surface area contributed by atoms with Gasteiger partial charge in [0.1, 0.15) is 0 Å². The first-order valence-electron chi connectivity index (χ1n) is 8.47. The zero-order valence-corrected chi connectivity index (χ0v) is 14.2. The van der Waals surface area contributed by atoms with E-state index < -0.39 is 0 Å². The lowest BCUT2D eigenvalue weighted by atomic mass is 9.81. The summed E-state index contributed by atoms with van der Waals surface area (Å²) in [6.07, 6.45) is 2.56. The Bertz CT molecular complexity index is 403. The average molecular weight is 288 g/mol. The number of nitrogens with one attached hydrogen (secondary N) is 1. The highest BCUT2D eigenvalue weighted by Crippen LogP contribution is 2.25. The van der Waals surface area contributed by atoms with Crippen molar-refractivity contribution in [3.05, 3.63) is 35.9 Å². The molecule has 1 aromatic rings. The van der Waals surface area contributed by atoms with Crippen molar-refractivity contribution in [3.63, 3.8) is 0 Å². The third-order valence-corrected chi connectivity index (χ3v) is 5.25. The molecule has 1 aromatic carbocycles. The maximum absolute atomic E-state index is 3.80. The van der Waals surface area contributed by atoms with E-state index in [1.807, 2.05) is 0 Å². The molecule has 0 aliphatic carbocycles. The lowest BCUT2D eigenvalue weighted by Crippen LogP contribution is -2.45. The van der Waals surface area contributed by atoms with Gasteiger partial charge in [0.15, 0.2) is 0 Å². The summed E-state index contributed by atoms with van der Waals surface area (Å²) in [5.74, 6) is 0.725. The molecule has 1 N–H and O–H groups in total. The average Bonchev–Trinajstić information content (AvgIpc) is 2.47. The Balaban J connectivity index is 1.71. The molecular formula is C19H32N2. The van der Waals surface area contributed by atoms with Gasteiger partial charge in [0, 0.05) is 19.1 Å². The van der Waals surface area contributed by atoms with Crippen LogP contribution in [0.4, 0.5) is 0 Å². The van der Waals surface area contributed by atoms with Gasteiger partial charge in [-0.25, -0.2) is 0 Å². The van der Waals surface area contributed by atoms with Gasteiger partial charge in [0.25, 0.3) is 0 Å². The second-order valence-corrected chi connectivity index (χ2v) is 7.56. The van der Waals surface area contributed by atoms with Gasteiger partial charge in [-0.15, -0.1) is 0 Å². The molecule has 0 atom stereocenters. The third-order valence-electron chi connectivity index (χ3n) is 5.25. The molecule has 1 fully saturated rings. The Morgan fingerprint density at radius 2 is 1.76 bits per heavy atom. The molecule has 0 bridgehead atoms. The molecule has 1 aliphatic heterocycles. The number of likely N-dealkylation sites (tertiary alicyclic amines) is 1. The molecule has 1 saturated heterocycles. The lowest BCUT2D eigenvalue weighted by molar-refractivity contribution is 0.169. The highest BCUT2D eigenvalue weighted by atomic mass is 15.1. The molecule has 0 amide bonds. The van der Waals surface area contributed by atoms with Crippen molar-refractivity contribution >= 4 is 0 Å². The van der Waals surface area contributed by atoms with E-state index in [0.29, 0.717) is 11.5 Å². The fraction of sp³-hybridized carbons (Fsp3) is 0.684. The van der Waals surface area contributed by atoms with E-state index in [9.17, 15) is 0 Å². The molecule has 2 heteroatoms. The predicted molar refractivity (Wildman–Crippen MR) is 91.4 cm³/mol. The van der Waals surface area contributed by atoms with Crippen molar-refractivity contribution in [1.82, 2.24) is 10.2 Å². The van der Waals surface area contributed by atoms with Crippen LogP contribution < -0.4 is 5.32 Å². The summed E-state index contributed by atoms with van der Waals surface area (Å²) >= 11 is 0. The van der Waals surface area contributed by atoms with Gasteiger partial charge in [-0.3, -0.25) is 4.90 Å². The predicted octanol–water partition coefficient (Wildman–Crippen LogP) is 3.92. The van der Waals surface area contributed by atoms with E-state index in [4.69, 9.17) is 0 Å². The summed E-state index contributed by atoms with van der Waals surface area (Å²) in [6, 6.07) is 11.5. The minimum Gasteiger partial charge on any atom is -0.313 e. The van der Waals surface area contributed by atoms with Crippen LogP contribution in [0, 0.1) is 11.3 Å². The first-order chi connectivity index (χ1) is 9.97. The van der Waals surface area contributed by atoms with Crippen molar-refractivity contribution in [2.45, 2.75) is 53.1 Å². The zero-order chi connectivity index (χ0) is 15.3. The first-order valence-corrected chi connectivity index (χ1v) is 8.47. The Labute approximate surface area is 130 Å². The second kappa shape index (κ2) is 7.42. The molecule has 21 heavy (non-hydrogen) atoms. The number of benzene rings is 1. The number of hydrogen-bond donors (Lipinski definition) is 1. The number of rotatable bonds is 6. The third kappa shape index (κ3) is 5.12. The van der Waals surface area contributed by atoms with Crippen LogP contribution in [0.25, 0.3) is 0 Å². The molecule has 118 valence electrons. The molecule has 1 heterocycles. The van der Waals surface area contributed by atoms with Gasteiger partial charge in [0.2, 0.25) is 0 Å². The molecule has 1 aliphatic rings.